The Morgan fingerprint density at radius 2 is 1.02 bits per heavy atom. The predicted octanol–water partition coefficient (Wildman–Crippen LogP) is 14.7. The van der Waals surface area contributed by atoms with E-state index in [1.165, 1.54) is 47.5 Å². The summed E-state index contributed by atoms with van der Waals surface area (Å²) in [5.41, 5.74) is 12.9. The third-order valence-corrected chi connectivity index (χ3v) is 13.0. The first-order chi connectivity index (χ1) is 31.2. The van der Waals surface area contributed by atoms with Gasteiger partial charge in [0, 0.05) is 71.5 Å². The van der Waals surface area contributed by atoms with E-state index in [0.29, 0.717) is 23.9 Å². The van der Waals surface area contributed by atoms with Gasteiger partial charge < -0.3 is 4.57 Å². The second-order valence-electron chi connectivity index (χ2n) is 15.8. The van der Waals surface area contributed by atoms with Gasteiger partial charge in [-0.15, -0.1) is 11.3 Å². The standard InChI is InChI=1S/C57H37N5S/c1-5-16-37(17-6-1)40-22-15-23-41(32-40)44-33-43(35-52-59-56(38-18-7-2-8-19-38)61-57(60-52)39-20-9-3-10-21-39)54(58-36-44)42-28-29-48-51(34-42)63-50-31-30-47-46-26-13-14-27-49(46)62(55(47)53(48)50)45-24-11-4-12-25-45/h1-34,36H,35H2. The molecule has 12 rings (SSSR count). The molecule has 0 atom stereocenters. The quantitative estimate of drug-likeness (QED) is 0.153. The van der Waals surface area contributed by atoms with Gasteiger partial charge in [0.15, 0.2) is 11.6 Å². The minimum Gasteiger partial charge on any atom is -0.309 e. The number of nitrogens with zero attached hydrogens (tertiary/aromatic N) is 5. The van der Waals surface area contributed by atoms with Gasteiger partial charge in [-0.25, -0.2) is 15.0 Å². The highest BCUT2D eigenvalue weighted by Crippen LogP contribution is 2.44. The Bertz CT molecular complexity index is 3580. The lowest BCUT2D eigenvalue weighted by Gasteiger charge is -2.14. The lowest BCUT2D eigenvalue weighted by Crippen LogP contribution is -2.05. The summed E-state index contributed by atoms with van der Waals surface area (Å²) in [5.74, 6) is 1.97. The molecule has 0 saturated carbocycles. The molecular formula is C57H37N5S. The second kappa shape index (κ2) is 15.4. The lowest BCUT2D eigenvalue weighted by atomic mass is 9.96. The first kappa shape index (κ1) is 36.8. The van der Waals surface area contributed by atoms with Gasteiger partial charge in [0.05, 0.1) is 16.7 Å². The first-order valence-corrected chi connectivity index (χ1v) is 22.0. The van der Waals surface area contributed by atoms with E-state index in [2.05, 4.69) is 174 Å². The van der Waals surface area contributed by atoms with Crippen molar-refractivity contribution in [1.82, 2.24) is 24.5 Å². The Morgan fingerprint density at radius 1 is 0.413 bits per heavy atom. The van der Waals surface area contributed by atoms with Crippen molar-refractivity contribution in [3.63, 3.8) is 0 Å². The molecule has 4 heterocycles. The maximum atomic E-state index is 5.31. The molecule has 0 unspecified atom stereocenters. The Morgan fingerprint density at radius 3 is 1.73 bits per heavy atom. The predicted molar refractivity (Wildman–Crippen MR) is 261 cm³/mol. The topological polar surface area (TPSA) is 56.5 Å². The van der Waals surface area contributed by atoms with Crippen LogP contribution < -0.4 is 0 Å². The van der Waals surface area contributed by atoms with Gasteiger partial charge in [0.1, 0.15) is 5.82 Å². The summed E-state index contributed by atoms with van der Waals surface area (Å²) in [6.45, 7) is 0. The van der Waals surface area contributed by atoms with Gasteiger partial charge in [-0.2, -0.15) is 0 Å². The van der Waals surface area contributed by atoms with Crippen LogP contribution in [-0.4, -0.2) is 24.5 Å². The third-order valence-electron chi connectivity index (χ3n) is 11.9. The van der Waals surface area contributed by atoms with Gasteiger partial charge in [-0.05, 0) is 64.7 Å². The molecule has 0 saturated heterocycles. The monoisotopic (exact) mass is 823 g/mol. The van der Waals surface area contributed by atoms with Crippen molar-refractivity contribution in [1.29, 1.82) is 0 Å². The first-order valence-electron chi connectivity index (χ1n) is 21.2. The summed E-state index contributed by atoms with van der Waals surface area (Å²) in [6.07, 6.45) is 2.47. The highest BCUT2D eigenvalue weighted by atomic mass is 32.1. The molecule has 63 heavy (non-hydrogen) atoms. The van der Waals surface area contributed by atoms with Gasteiger partial charge >= 0.3 is 0 Å². The zero-order valence-electron chi connectivity index (χ0n) is 34.1. The van der Waals surface area contributed by atoms with Gasteiger partial charge in [0.2, 0.25) is 0 Å². The van der Waals surface area contributed by atoms with Gasteiger partial charge in [-0.3, -0.25) is 4.98 Å². The number of hydrogen-bond acceptors (Lipinski definition) is 5. The van der Waals surface area contributed by atoms with E-state index in [-0.39, 0.29) is 0 Å². The van der Waals surface area contributed by atoms with E-state index >= 15 is 0 Å². The average molecular weight is 824 g/mol. The van der Waals surface area contributed by atoms with E-state index in [9.17, 15) is 0 Å². The molecule has 296 valence electrons. The fourth-order valence-electron chi connectivity index (χ4n) is 8.98. The molecule has 0 aliphatic carbocycles. The molecule has 0 N–H and O–H groups in total. The van der Waals surface area contributed by atoms with E-state index in [1.54, 1.807) is 0 Å². The minimum atomic E-state index is 0.457. The SMILES string of the molecule is c1ccc(-c2cccc(-c3cnc(-c4ccc5c(c4)sc4ccc6c7ccccc7n(-c7ccccc7)c6c45)c(Cc4nc(-c5ccccc5)nc(-c5ccccc5)n4)c3)c2)cc1. The van der Waals surface area contributed by atoms with Crippen LogP contribution in [0.25, 0.3) is 104 Å². The summed E-state index contributed by atoms with van der Waals surface area (Å²) in [4.78, 5) is 20.5. The Kier molecular flexibility index (Phi) is 9.01. The summed E-state index contributed by atoms with van der Waals surface area (Å²) in [5, 5.41) is 5.01. The van der Waals surface area contributed by atoms with Crippen molar-refractivity contribution < 1.29 is 0 Å². The van der Waals surface area contributed by atoms with Crippen molar-refractivity contribution in [2.45, 2.75) is 6.42 Å². The van der Waals surface area contributed by atoms with Crippen LogP contribution in [0.5, 0.6) is 0 Å². The second-order valence-corrected chi connectivity index (χ2v) is 16.9. The molecule has 0 aliphatic rings. The van der Waals surface area contributed by atoms with Crippen molar-refractivity contribution in [2.24, 2.45) is 0 Å². The molecule has 0 radical (unpaired) electrons. The molecule has 0 bridgehead atoms. The molecule has 0 fully saturated rings. The summed E-state index contributed by atoms with van der Waals surface area (Å²) < 4.78 is 4.90. The van der Waals surface area contributed by atoms with Crippen molar-refractivity contribution in [3.8, 4) is 62.0 Å². The normalized spacial score (nSPS) is 11.6. The number of pyridine rings is 1. The maximum absolute atomic E-state index is 5.31. The Balaban J connectivity index is 1.04. The van der Waals surface area contributed by atoms with Gasteiger partial charge in [0.25, 0.3) is 0 Å². The van der Waals surface area contributed by atoms with Crippen LogP contribution in [0, 0.1) is 0 Å². The highest BCUT2D eigenvalue weighted by Gasteiger charge is 2.20. The fourth-order valence-corrected chi connectivity index (χ4v) is 10.1. The average Bonchev–Trinajstić information content (AvgIpc) is 3.90. The molecular weight excluding hydrogens is 787 g/mol. The van der Waals surface area contributed by atoms with Crippen LogP contribution in [0.15, 0.2) is 212 Å². The Labute approximate surface area is 368 Å². The van der Waals surface area contributed by atoms with Crippen LogP contribution in [0.3, 0.4) is 0 Å². The van der Waals surface area contributed by atoms with Crippen molar-refractivity contribution >= 4 is 53.3 Å². The molecule has 0 spiro atoms. The number of rotatable bonds is 8. The minimum absolute atomic E-state index is 0.457. The smallest absolute Gasteiger partial charge is 0.163 e. The number of benzene rings is 8. The summed E-state index contributed by atoms with van der Waals surface area (Å²) in [6, 6.07) is 72.7. The molecule has 5 nitrogen and oxygen atoms in total. The number of thiophene rings is 1. The lowest BCUT2D eigenvalue weighted by molar-refractivity contribution is 0.930. The van der Waals surface area contributed by atoms with Crippen molar-refractivity contribution in [3.05, 3.63) is 224 Å². The van der Waals surface area contributed by atoms with Crippen LogP contribution in [0.2, 0.25) is 0 Å². The molecule has 0 aliphatic heterocycles. The molecule has 12 aromatic rings. The van der Waals surface area contributed by atoms with Crippen LogP contribution in [-0.2, 0) is 6.42 Å². The summed E-state index contributed by atoms with van der Waals surface area (Å²) >= 11 is 1.83. The third kappa shape index (κ3) is 6.65. The number of fused-ring (bicyclic) bond motifs is 7. The largest absolute Gasteiger partial charge is 0.309 e. The number of para-hydroxylation sites is 2. The molecule has 0 amide bonds. The molecule has 4 aromatic heterocycles. The highest BCUT2D eigenvalue weighted by molar-refractivity contribution is 7.26. The fraction of sp³-hybridized carbons (Fsp3) is 0.0175. The summed E-state index contributed by atoms with van der Waals surface area (Å²) in [7, 11) is 0. The van der Waals surface area contributed by atoms with E-state index in [4.69, 9.17) is 19.9 Å². The molecule has 8 aromatic carbocycles. The number of aromatic nitrogens is 5. The molecule has 6 heteroatoms. The van der Waals surface area contributed by atoms with Crippen LogP contribution >= 0.6 is 11.3 Å². The van der Waals surface area contributed by atoms with E-state index in [0.717, 1.165) is 50.3 Å². The van der Waals surface area contributed by atoms with E-state index in [1.807, 2.05) is 53.9 Å². The zero-order valence-corrected chi connectivity index (χ0v) is 34.9. The Hall–Kier alpha value is -8.06. The zero-order chi connectivity index (χ0) is 41.7. The van der Waals surface area contributed by atoms with Crippen LogP contribution in [0.4, 0.5) is 0 Å². The maximum Gasteiger partial charge on any atom is 0.163 e. The number of hydrogen-bond donors (Lipinski definition) is 0. The van der Waals surface area contributed by atoms with Gasteiger partial charge in [-0.1, -0.05) is 164 Å². The van der Waals surface area contributed by atoms with Crippen molar-refractivity contribution in [2.75, 3.05) is 0 Å². The van der Waals surface area contributed by atoms with E-state index < -0.39 is 0 Å². The van der Waals surface area contributed by atoms with Crippen LogP contribution in [0.1, 0.15) is 11.4 Å².